The van der Waals surface area contributed by atoms with Crippen LogP contribution in [0, 0.1) is 17.5 Å². The van der Waals surface area contributed by atoms with E-state index in [-0.39, 0.29) is 5.91 Å². The van der Waals surface area contributed by atoms with Gasteiger partial charge in [0.15, 0.2) is 17.5 Å². The molecule has 1 heterocycles. The summed E-state index contributed by atoms with van der Waals surface area (Å²) < 4.78 is 39.7. The molecule has 0 aliphatic carbocycles. The highest BCUT2D eigenvalue weighted by Gasteiger charge is 2.36. The van der Waals surface area contributed by atoms with E-state index in [9.17, 15) is 27.6 Å². The van der Waals surface area contributed by atoms with Crippen LogP contribution in [-0.4, -0.2) is 35.2 Å². The summed E-state index contributed by atoms with van der Waals surface area (Å²) in [5.74, 6) is -6.54. The first kappa shape index (κ1) is 20.1. The number of benzene rings is 2. The van der Waals surface area contributed by atoms with Crippen LogP contribution in [0.1, 0.15) is 22.8 Å². The van der Waals surface area contributed by atoms with E-state index in [0.717, 1.165) is 6.07 Å². The van der Waals surface area contributed by atoms with Crippen LogP contribution in [0.5, 0.6) is 0 Å². The number of hydrogen-bond donors (Lipinski definition) is 2. The van der Waals surface area contributed by atoms with E-state index in [1.54, 1.807) is 24.3 Å². The summed E-state index contributed by atoms with van der Waals surface area (Å²) in [6, 6.07) is 7.33. The van der Waals surface area contributed by atoms with Crippen molar-refractivity contribution in [3.63, 3.8) is 0 Å². The molecule has 6 nitrogen and oxygen atoms in total. The topological polar surface area (TPSA) is 78.5 Å². The van der Waals surface area contributed by atoms with Gasteiger partial charge in [-0.25, -0.2) is 13.2 Å². The Morgan fingerprint density at radius 2 is 1.72 bits per heavy atom. The van der Waals surface area contributed by atoms with Crippen molar-refractivity contribution in [2.24, 2.45) is 0 Å². The number of fused-ring (bicyclic) bond motifs is 1. The number of carbonyl (C=O) groups excluding carboxylic acids is 3. The minimum atomic E-state index is -1.72. The maximum absolute atomic E-state index is 13.6. The molecule has 0 saturated heterocycles. The van der Waals surface area contributed by atoms with Crippen LogP contribution in [0.25, 0.3) is 5.70 Å². The molecule has 0 radical (unpaired) electrons. The second-order valence-electron chi connectivity index (χ2n) is 6.33. The molecule has 2 aromatic carbocycles. The Hall–Kier alpha value is -3.62. The summed E-state index contributed by atoms with van der Waals surface area (Å²) in [7, 11) is 0. The molecule has 0 fully saturated rings. The van der Waals surface area contributed by atoms with Crippen molar-refractivity contribution in [1.29, 1.82) is 0 Å². The van der Waals surface area contributed by atoms with Crippen LogP contribution in [0.2, 0.25) is 0 Å². The zero-order valence-electron chi connectivity index (χ0n) is 15.3. The van der Waals surface area contributed by atoms with Crippen molar-refractivity contribution in [2.75, 3.05) is 11.9 Å². The molecule has 1 atom stereocenters. The summed E-state index contributed by atoms with van der Waals surface area (Å²) >= 11 is 0. The zero-order valence-corrected chi connectivity index (χ0v) is 15.3. The fourth-order valence-electron chi connectivity index (χ4n) is 2.96. The van der Waals surface area contributed by atoms with Crippen LogP contribution in [0.15, 0.2) is 43.0 Å². The molecule has 1 unspecified atom stereocenters. The molecule has 29 heavy (non-hydrogen) atoms. The van der Waals surface area contributed by atoms with Gasteiger partial charge in [-0.15, -0.1) is 0 Å². The SMILES string of the molecule is C=C1c2ccccc2C(=O)N1C(C)C(=O)NCC(=O)Nc1ccc(F)c(F)c1F. The minimum Gasteiger partial charge on any atom is -0.345 e. The lowest BCUT2D eigenvalue weighted by atomic mass is 10.1. The largest absolute Gasteiger partial charge is 0.345 e. The summed E-state index contributed by atoms with van der Waals surface area (Å²) in [5.41, 5.74) is 0.837. The summed E-state index contributed by atoms with van der Waals surface area (Å²) in [6.45, 7) is 4.75. The Morgan fingerprint density at radius 1 is 1.07 bits per heavy atom. The fourth-order valence-corrected chi connectivity index (χ4v) is 2.96. The molecule has 0 aromatic heterocycles. The van der Waals surface area contributed by atoms with Crippen LogP contribution >= 0.6 is 0 Å². The highest BCUT2D eigenvalue weighted by Crippen LogP contribution is 2.32. The third-order valence-corrected chi connectivity index (χ3v) is 4.48. The van der Waals surface area contributed by atoms with Crippen LogP contribution in [-0.2, 0) is 9.59 Å². The molecule has 150 valence electrons. The number of nitrogens with one attached hydrogen (secondary N) is 2. The number of carbonyl (C=O) groups is 3. The van der Waals surface area contributed by atoms with Gasteiger partial charge in [0.2, 0.25) is 11.8 Å². The number of amides is 3. The fraction of sp³-hybridized carbons (Fsp3) is 0.150. The summed E-state index contributed by atoms with van der Waals surface area (Å²) in [5, 5.41) is 4.36. The van der Waals surface area contributed by atoms with Crippen molar-refractivity contribution < 1.29 is 27.6 Å². The standard InChI is InChI=1S/C20H16F3N3O3/c1-10-12-5-3-4-6-13(12)20(29)26(10)11(2)19(28)24-9-16(27)25-15-8-7-14(21)17(22)18(15)23/h3-8,11H,1,9H2,2H3,(H,24,28)(H,25,27). The highest BCUT2D eigenvalue weighted by atomic mass is 19.2. The van der Waals surface area contributed by atoms with Gasteiger partial charge in [0, 0.05) is 16.8 Å². The number of halogens is 3. The van der Waals surface area contributed by atoms with E-state index in [1.807, 2.05) is 5.32 Å². The molecule has 3 rings (SSSR count). The first-order chi connectivity index (χ1) is 13.7. The average Bonchev–Trinajstić information content (AvgIpc) is 2.96. The van der Waals surface area contributed by atoms with E-state index in [0.29, 0.717) is 22.9 Å². The van der Waals surface area contributed by atoms with Crippen molar-refractivity contribution >= 4 is 29.1 Å². The van der Waals surface area contributed by atoms with Gasteiger partial charge in [-0.2, -0.15) is 0 Å². The molecule has 1 aliphatic rings. The molecule has 3 amide bonds. The van der Waals surface area contributed by atoms with Crippen molar-refractivity contribution in [2.45, 2.75) is 13.0 Å². The Bertz CT molecular complexity index is 1000. The molecule has 0 saturated carbocycles. The van der Waals surface area contributed by atoms with Crippen LogP contribution in [0.4, 0.5) is 18.9 Å². The van der Waals surface area contributed by atoms with Crippen molar-refractivity contribution in [1.82, 2.24) is 10.2 Å². The highest BCUT2D eigenvalue weighted by molar-refractivity contribution is 6.11. The molecule has 2 N–H and O–H groups in total. The van der Waals surface area contributed by atoms with E-state index in [2.05, 4.69) is 11.9 Å². The quantitative estimate of drug-likeness (QED) is 0.754. The van der Waals surface area contributed by atoms with Gasteiger partial charge in [-0.3, -0.25) is 19.3 Å². The molecule has 9 heteroatoms. The van der Waals surface area contributed by atoms with Gasteiger partial charge in [-0.1, -0.05) is 24.8 Å². The second-order valence-corrected chi connectivity index (χ2v) is 6.33. The van der Waals surface area contributed by atoms with Gasteiger partial charge >= 0.3 is 0 Å². The molecule has 2 aromatic rings. The lowest BCUT2D eigenvalue weighted by molar-refractivity contribution is -0.126. The molecular formula is C20H16F3N3O3. The van der Waals surface area contributed by atoms with Gasteiger partial charge in [-0.05, 0) is 25.1 Å². The normalized spacial score (nSPS) is 13.9. The van der Waals surface area contributed by atoms with Crippen LogP contribution < -0.4 is 10.6 Å². The maximum Gasteiger partial charge on any atom is 0.259 e. The lowest BCUT2D eigenvalue weighted by Crippen LogP contribution is -2.46. The predicted octanol–water partition coefficient (Wildman–Crippen LogP) is 2.67. The first-order valence-electron chi connectivity index (χ1n) is 8.55. The monoisotopic (exact) mass is 403 g/mol. The molecule has 0 bridgehead atoms. The Labute approximate surface area is 164 Å². The second kappa shape index (κ2) is 7.78. The van der Waals surface area contributed by atoms with Crippen molar-refractivity contribution in [3.05, 3.63) is 71.6 Å². The average molecular weight is 403 g/mol. The Morgan fingerprint density at radius 3 is 2.38 bits per heavy atom. The van der Waals surface area contributed by atoms with Gasteiger partial charge < -0.3 is 10.6 Å². The Kier molecular flexibility index (Phi) is 5.40. The lowest BCUT2D eigenvalue weighted by Gasteiger charge is -2.24. The molecule has 1 aliphatic heterocycles. The van der Waals surface area contributed by atoms with E-state index < -0.39 is 47.5 Å². The predicted molar refractivity (Wildman–Crippen MR) is 99.1 cm³/mol. The van der Waals surface area contributed by atoms with E-state index in [1.165, 1.54) is 11.8 Å². The number of hydrogen-bond acceptors (Lipinski definition) is 3. The van der Waals surface area contributed by atoms with Crippen LogP contribution in [0.3, 0.4) is 0 Å². The summed E-state index contributed by atoms with van der Waals surface area (Å²) in [6.07, 6.45) is 0. The number of nitrogens with zero attached hydrogens (tertiary/aromatic N) is 1. The summed E-state index contributed by atoms with van der Waals surface area (Å²) in [4.78, 5) is 38.0. The third-order valence-electron chi connectivity index (χ3n) is 4.48. The Balaban J connectivity index is 1.61. The van der Waals surface area contributed by atoms with Crippen molar-refractivity contribution in [3.8, 4) is 0 Å². The zero-order chi connectivity index (χ0) is 21.3. The smallest absolute Gasteiger partial charge is 0.259 e. The van der Waals surface area contributed by atoms with Gasteiger partial charge in [0.25, 0.3) is 5.91 Å². The molecular weight excluding hydrogens is 387 g/mol. The maximum atomic E-state index is 13.6. The van der Waals surface area contributed by atoms with E-state index >= 15 is 0 Å². The third kappa shape index (κ3) is 3.71. The number of rotatable bonds is 5. The van der Waals surface area contributed by atoms with Gasteiger partial charge in [0.05, 0.1) is 12.2 Å². The molecule has 0 spiro atoms. The van der Waals surface area contributed by atoms with Gasteiger partial charge in [0.1, 0.15) is 6.04 Å². The first-order valence-corrected chi connectivity index (χ1v) is 8.55. The minimum absolute atomic E-state index is 0.363. The van der Waals surface area contributed by atoms with E-state index in [4.69, 9.17) is 0 Å². The number of anilines is 1.